The maximum atomic E-state index is 12.7. The highest BCUT2D eigenvalue weighted by molar-refractivity contribution is 5.78. The van der Waals surface area contributed by atoms with E-state index in [2.05, 4.69) is 10.1 Å². The fraction of sp³-hybridized carbons (Fsp3) is 0.278. The first-order valence-corrected chi connectivity index (χ1v) is 7.80. The number of carbonyl (C=O) groups is 1. The number of hydrogen-bond donors (Lipinski definition) is 2. The van der Waals surface area contributed by atoms with Crippen LogP contribution in [0, 0.1) is 0 Å². The molecule has 0 radical (unpaired) electrons. The summed E-state index contributed by atoms with van der Waals surface area (Å²) in [7, 11) is 0. The Balaban J connectivity index is 2.04. The van der Waals surface area contributed by atoms with Gasteiger partial charge in [-0.15, -0.1) is 0 Å². The van der Waals surface area contributed by atoms with Gasteiger partial charge in [0, 0.05) is 17.8 Å². The third-order valence-electron chi connectivity index (χ3n) is 3.39. The van der Waals surface area contributed by atoms with Crippen molar-refractivity contribution in [3.63, 3.8) is 0 Å². The highest BCUT2D eigenvalue weighted by Crippen LogP contribution is 2.32. The molecule has 0 aliphatic rings. The van der Waals surface area contributed by atoms with Gasteiger partial charge in [0.1, 0.15) is 0 Å². The van der Waals surface area contributed by atoms with Crippen molar-refractivity contribution in [2.75, 3.05) is 12.3 Å². The van der Waals surface area contributed by atoms with Gasteiger partial charge in [-0.3, -0.25) is 4.79 Å². The first-order valence-electron chi connectivity index (χ1n) is 7.80. The molecule has 0 fully saturated rings. The van der Waals surface area contributed by atoms with Crippen LogP contribution in [0.2, 0.25) is 0 Å². The molecule has 2 rings (SSSR count). The molecular weight excluding hydrogens is 330 g/mol. The number of nitrogen functional groups attached to an aromatic ring is 1. The first kappa shape index (κ1) is 18.5. The zero-order valence-electron chi connectivity index (χ0n) is 13.8. The molecule has 7 heteroatoms. The largest absolute Gasteiger partial charge is 0.490 e. The van der Waals surface area contributed by atoms with Gasteiger partial charge in [-0.1, -0.05) is 24.3 Å². The lowest BCUT2D eigenvalue weighted by Gasteiger charge is -2.15. The third-order valence-corrected chi connectivity index (χ3v) is 3.39. The van der Waals surface area contributed by atoms with Crippen molar-refractivity contribution >= 4 is 11.6 Å². The second-order valence-corrected chi connectivity index (χ2v) is 5.25. The second-order valence-electron chi connectivity index (χ2n) is 5.25. The maximum Gasteiger partial charge on any atom is 0.387 e. The number of nitrogens with two attached hydrogens (primary N) is 1. The van der Waals surface area contributed by atoms with Crippen LogP contribution in [-0.4, -0.2) is 19.1 Å². The summed E-state index contributed by atoms with van der Waals surface area (Å²) in [6, 6.07) is 11.7. The summed E-state index contributed by atoms with van der Waals surface area (Å²) in [5, 5.41) is 2.69. The fourth-order valence-corrected chi connectivity index (χ4v) is 2.27. The van der Waals surface area contributed by atoms with Crippen molar-refractivity contribution < 1.29 is 23.0 Å². The highest BCUT2D eigenvalue weighted by atomic mass is 19.3. The van der Waals surface area contributed by atoms with Crippen LogP contribution >= 0.6 is 0 Å². The van der Waals surface area contributed by atoms with Gasteiger partial charge in [0.15, 0.2) is 11.5 Å². The molecule has 2 aromatic carbocycles. The molecule has 0 aliphatic carbocycles. The van der Waals surface area contributed by atoms with E-state index in [4.69, 9.17) is 10.5 Å². The Hall–Kier alpha value is -2.83. The SMILES string of the molecule is CCOc1cccc(CNC(=O)Cc2ccc(N)cc2)c1OC(F)F. The van der Waals surface area contributed by atoms with E-state index in [0.717, 1.165) is 5.56 Å². The van der Waals surface area contributed by atoms with Crippen LogP contribution in [-0.2, 0) is 17.8 Å². The molecule has 2 aromatic rings. The smallest absolute Gasteiger partial charge is 0.387 e. The molecule has 0 heterocycles. The molecule has 0 unspecified atom stereocenters. The van der Waals surface area contributed by atoms with E-state index in [1.54, 1.807) is 49.4 Å². The summed E-state index contributed by atoms with van der Waals surface area (Å²) in [4.78, 5) is 12.1. The van der Waals surface area contributed by atoms with Crippen LogP contribution < -0.4 is 20.5 Å². The Kier molecular flexibility index (Phi) is 6.56. The lowest BCUT2D eigenvalue weighted by molar-refractivity contribution is -0.120. The van der Waals surface area contributed by atoms with Gasteiger partial charge in [-0.05, 0) is 30.7 Å². The molecule has 25 heavy (non-hydrogen) atoms. The van der Waals surface area contributed by atoms with E-state index in [1.807, 2.05) is 0 Å². The van der Waals surface area contributed by atoms with Gasteiger partial charge in [0.2, 0.25) is 5.91 Å². The van der Waals surface area contributed by atoms with E-state index in [9.17, 15) is 13.6 Å². The highest BCUT2D eigenvalue weighted by Gasteiger charge is 2.16. The summed E-state index contributed by atoms with van der Waals surface area (Å²) < 4.78 is 35.2. The summed E-state index contributed by atoms with van der Waals surface area (Å²) in [5.41, 5.74) is 7.43. The number of alkyl halides is 2. The predicted octanol–water partition coefficient (Wildman–Crippen LogP) is 3.13. The van der Waals surface area contributed by atoms with Gasteiger partial charge in [-0.2, -0.15) is 8.78 Å². The van der Waals surface area contributed by atoms with Crippen molar-refractivity contribution in [3.05, 3.63) is 53.6 Å². The molecule has 0 saturated carbocycles. The van der Waals surface area contributed by atoms with Crippen molar-refractivity contribution in [1.82, 2.24) is 5.32 Å². The van der Waals surface area contributed by atoms with Gasteiger partial charge < -0.3 is 20.5 Å². The minimum absolute atomic E-state index is 0.0524. The Bertz CT molecular complexity index is 706. The average molecular weight is 350 g/mol. The Morgan fingerprint density at radius 3 is 2.56 bits per heavy atom. The zero-order chi connectivity index (χ0) is 18.2. The minimum atomic E-state index is -2.98. The topological polar surface area (TPSA) is 73.6 Å². The standard InChI is InChI=1S/C18H20F2N2O3/c1-2-24-15-5-3-4-13(17(15)25-18(19)20)11-22-16(23)10-12-6-8-14(21)9-7-12/h3-9,18H,2,10-11,21H2,1H3,(H,22,23). The van der Waals surface area contributed by atoms with Gasteiger partial charge in [-0.25, -0.2) is 0 Å². The molecular formula is C18H20F2N2O3. The number of rotatable bonds is 8. The number of halogens is 2. The summed E-state index contributed by atoms with van der Waals surface area (Å²) >= 11 is 0. The summed E-state index contributed by atoms with van der Waals surface area (Å²) in [5.74, 6) is -0.0881. The average Bonchev–Trinajstić information content (AvgIpc) is 2.57. The number of amides is 1. The normalized spacial score (nSPS) is 10.6. The molecule has 0 bridgehead atoms. The monoisotopic (exact) mass is 350 g/mol. The Morgan fingerprint density at radius 2 is 1.92 bits per heavy atom. The van der Waals surface area contributed by atoms with Crippen LogP contribution in [0.3, 0.4) is 0 Å². The van der Waals surface area contributed by atoms with E-state index in [-0.39, 0.29) is 30.4 Å². The number of carbonyl (C=O) groups excluding carboxylic acids is 1. The van der Waals surface area contributed by atoms with Crippen LogP contribution in [0.15, 0.2) is 42.5 Å². The second kappa shape index (κ2) is 8.86. The van der Waals surface area contributed by atoms with Crippen LogP contribution in [0.25, 0.3) is 0 Å². The van der Waals surface area contributed by atoms with Crippen molar-refractivity contribution in [2.45, 2.75) is 26.5 Å². The zero-order valence-corrected chi connectivity index (χ0v) is 13.8. The quantitative estimate of drug-likeness (QED) is 0.718. The van der Waals surface area contributed by atoms with Crippen molar-refractivity contribution in [1.29, 1.82) is 0 Å². The molecule has 0 atom stereocenters. The molecule has 0 aliphatic heterocycles. The molecule has 0 spiro atoms. The minimum Gasteiger partial charge on any atom is -0.490 e. The summed E-state index contributed by atoms with van der Waals surface area (Å²) in [6.45, 7) is -0.873. The van der Waals surface area contributed by atoms with E-state index >= 15 is 0 Å². The summed E-state index contributed by atoms with van der Waals surface area (Å²) in [6.07, 6.45) is 0.163. The molecule has 3 N–H and O–H groups in total. The van der Waals surface area contributed by atoms with Crippen molar-refractivity contribution in [3.8, 4) is 11.5 Å². The van der Waals surface area contributed by atoms with E-state index in [0.29, 0.717) is 17.9 Å². The molecule has 0 saturated heterocycles. The van der Waals surface area contributed by atoms with Gasteiger partial charge in [0.05, 0.1) is 13.0 Å². The predicted molar refractivity (Wildman–Crippen MR) is 90.6 cm³/mol. The van der Waals surface area contributed by atoms with Crippen molar-refractivity contribution in [2.24, 2.45) is 0 Å². The van der Waals surface area contributed by atoms with E-state index < -0.39 is 6.61 Å². The third kappa shape index (κ3) is 5.63. The number of ether oxygens (including phenoxy) is 2. The maximum absolute atomic E-state index is 12.7. The van der Waals surface area contributed by atoms with Gasteiger partial charge >= 0.3 is 6.61 Å². The molecule has 0 aromatic heterocycles. The van der Waals surface area contributed by atoms with Gasteiger partial charge in [0.25, 0.3) is 0 Å². The number of benzene rings is 2. The van der Waals surface area contributed by atoms with Crippen LogP contribution in [0.4, 0.5) is 14.5 Å². The fourth-order valence-electron chi connectivity index (χ4n) is 2.27. The number of hydrogen-bond acceptors (Lipinski definition) is 4. The number of nitrogens with one attached hydrogen (secondary N) is 1. The lowest BCUT2D eigenvalue weighted by Crippen LogP contribution is -2.25. The Morgan fingerprint density at radius 1 is 1.20 bits per heavy atom. The van der Waals surface area contributed by atoms with Crippen LogP contribution in [0.5, 0.6) is 11.5 Å². The first-order chi connectivity index (χ1) is 12.0. The Labute approximate surface area is 144 Å². The number of para-hydroxylation sites is 1. The molecule has 5 nitrogen and oxygen atoms in total. The molecule has 1 amide bonds. The molecule has 134 valence electrons. The lowest BCUT2D eigenvalue weighted by atomic mass is 10.1. The van der Waals surface area contributed by atoms with Crippen LogP contribution in [0.1, 0.15) is 18.1 Å². The van der Waals surface area contributed by atoms with E-state index in [1.165, 1.54) is 0 Å². The number of anilines is 1.